The van der Waals surface area contributed by atoms with E-state index >= 15 is 0 Å². The van der Waals surface area contributed by atoms with Crippen LogP contribution in [-0.2, 0) is 6.42 Å². The third-order valence-corrected chi connectivity index (χ3v) is 2.48. The number of guanidine groups is 1. The summed E-state index contributed by atoms with van der Waals surface area (Å²) in [4.78, 5) is 5.44. The van der Waals surface area contributed by atoms with E-state index in [1.807, 2.05) is 13.0 Å². The van der Waals surface area contributed by atoms with Gasteiger partial charge in [0, 0.05) is 11.3 Å². The molecule has 1 rings (SSSR count). The summed E-state index contributed by atoms with van der Waals surface area (Å²) < 4.78 is 0. The number of hydrazine groups is 1. The van der Waals surface area contributed by atoms with Gasteiger partial charge in [-0.15, -0.1) is 11.3 Å². The van der Waals surface area contributed by atoms with Gasteiger partial charge in [0.05, 0.1) is 6.04 Å². The molecule has 1 heterocycles. The molecule has 1 unspecified atom stereocenters. The summed E-state index contributed by atoms with van der Waals surface area (Å²) in [6, 6.07) is 4.28. The number of rotatable bonds is 3. The summed E-state index contributed by atoms with van der Waals surface area (Å²) in [7, 11) is 0. The highest BCUT2D eigenvalue weighted by atomic mass is 32.1. The minimum Gasteiger partial charge on any atom is -0.369 e. The van der Waals surface area contributed by atoms with E-state index in [-0.39, 0.29) is 12.0 Å². The van der Waals surface area contributed by atoms with E-state index in [4.69, 9.17) is 11.6 Å². The summed E-state index contributed by atoms with van der Waals surface area (Å²) in [5.74, 6) is 5.37. The van der Waals surface area contributed by atoms with Crippen LogP contribution in [0, 0.1) is 0 Å². The Bertz CT molecular complexity index is 268. The van der Waals surface area contributed by atoms with Crippen molar-refractivity contribution in [3.8, 4) is 0 Å². The van der Waals surface area contributed by atoms with Gasteiger partial charge in [0.2, 0.25) is 5.96 Å². The maximum atomic E-state index is 5.42. The molecule has 0 radical (unpaired) electrons. The van der Waals surface area contributed by atoms with Crippen LogP contribution >= 0.6 is 11.3 Å². The molecule has 0 aromatic carbocycles. The standard InChI is InChI=1S/C8H14N4S/c1-6(11-8(9)12-10)5-7-3-2-4-13-7/h2-4,6H,5,10H2,1H3,(H3,9,11,12). The summed E-state index contributed by atoms with van der Waals surface area (Å²) in [5, 5.41) is 2.05. The Hall–Kier alpha value is -1.07. The lowest BCUT2D eigenvalue weighted by Crippen LogP contribution is -2.38. The van der Waals surface area contributed by atoms with Crippen molar-refractivity contribution in [2.24, 2.45) is 16.6 Å². The van der Waals surface area contributed by atoms with Gasteiger partial charge in [0.15, 0.2) is 0 Å². The van der Waals surface area contributed by atoms with E-state index in [1.165, 1.54) is 4.88 Å². The Morgan fingerprint density at radius 1 is 1.77 bits per heavy atom. The molecule has 4 nitrogen and oxygen atoms in total. The number of nitrogens with zero attached hydrogens (tertiary/aromatic N) is 1. The van der Waals surface area contributed by atoms with Crippen LogP contribution < -0.4 is 17.0 Å². The first-order valence-corrected chi connectivity index (χ1v) is 4.92. The Balaban J connectivity index is 2.46. The molecule has 0 amide bonds. The van der Waals surface area contributed by atoms with E-state index in [2.05, 4.69) is 21.9 Å². The highest BCUT2D eigenvalue weighted by molar-refractivity contribution is 7.09. The predicted molar refractivity (Wildman–Crippen MR) is 56.4 cm³/mol. The molecule has 72 valence electrons. The van der Waals surface area contributed by atoms with Crippen molar-refractivity contribution in [2.75, 3.05) is 0 Å². The van der Waals surface area contributed by atoms with Crippen molar-refractivity contribution >= 4 is 17.3 Å². The summed E-state index contributed by atoms with van der Waals surface area (Å²) in [6.07, 6.45) is 0.903. The monoisotopic (exact) mass is 198 g/mol. The first-order valence-electron chi connectivity index (χ1n) is 4.04. The van der Waals surface area contributed by atoms with Gasteiger partial charge in [-0.2, -0.15) is 0 Å². The van der Waals surface area contributed by atoms with Gasteiger partial charge in [-0.1, -0.05) is 6.07 Å². The van der Waals surface area contributed by atoms with Crippen LogP contribution in [0.5, 0.6) is 0 Å². The number of nitrogens with one attached hydrogen (secondary N) is 1. The van der Waals surface area contributed by atoms with E-state index in [9.17, 15) is 0 Å². The van der Waals surface area contributed by atoms with Gasteiger partial charge in [-0.25, -0.2) is 10.8 Å². The van der Waals surface area contributed by atoms with Gasteiger partial charge in [0.25, 0.3) is 0 Å². The minimum atomic E-state index is 0.162. The van der Waals surface area contributed by atoms with Crippen molar-refractivity contribution in [1.82, 2.24) is 5.43 Å². The molecule has 1 aromatic heterocycles. The van der Waals surface area contributed by atoms with Crippen molar-refractivity contribution in [1.29, 1.82) is 0 Å². The molecule has 13 heavy (non-hydrogen) atoms. The average molecular weight is 198 g/mol. The highest BCUT2D eigenvalue weighted by Gasteiger charge is 2.02. The molecule has 1 aromatic rings. The maximum absolute atomic E-state index is 5.42. The summed E-state index contributed by atoms with van der Waals surface area (Å²) in [5.41, 5.74) is 7.73. The third-order valence-electron chi connectivity index (χ3n) is 1.58. The Morgan fingerprint density at radius 2 is 2.54 bits per heavy atom. The Kier molecular flexibility index (Phi) is 3.72. The largest absolute Gasteiger partial charge is 0.369 e. The van der Waals surface area contributed by atoms with Crippen LogP contribution in [-0.4, -0.2) is 12.0 Å². The smallest absolute Gasteiger partial charge is 0.203 e. The molecule has 0 aliphatic heterocycles. The first kappa shape index (κ1) is 10.0. The zero-order chi connectivity index (χ0) is 9.68. The number of aliphatic imine (C=N–C) groups is 1. The lowest BCUT2D eigenvalue weighted by Gasteiger charge is -2.05. The average Bonchev–Trinajstić information content (AvgIpc) is 2.56. The number of hydrogen-bond acceptors (Lipinski definition) is 3. The number of thiophene rings is 1. The first-order chi connectivity index (χ1) is 6.22. The van der Waals surface area contributed by atoms with Crippen molar-refractivity contribution < 1.29 is 0 Å². The molecule has 0 aliphatic carbocycles. The van der Waals surface area contributed by atoms with Crippen LogP contribution in [0.25, 0.3) is 0 Å². The molecule has 5 heteroatoms. The lowest BCUT2D eigenvalue weighted by molar-refractivity contribution is 0.738. The fourth-order valence-electron chi connectivity index (χ4n) is 1.04. The summed E-state index contributed by atoms with van der Waals surface area (Å²) in [6.45, 7) is 2.00. The zero-order valence-electron chi connectivity index (χ0n) is 7.53. The van der Waals surface area contributed by atoms with Gasteiger partial charge in [-0.05, 0) is 18.4 Å². The van der Waals surface area contributed by atoms with Crippen molar-refractivity contribution in [3.63, 3.8) is 0 Å². The Labute approximate surface area is 81.6 Å². The van der Waals surface area contributed by atoms with Crippen LogP contribution in [0.2, 0.25) is 0 Å². The topological polar surface area (TPSA) is 76.4 Å². The fourth-order valence-corrected chi connectivity index (χ4v) is 1.87. The third kappa shape index (κ3) is 3.43. The van der Waals surface area contributed by atoms with Gasteiger partial charge < -0.3 is 5.73 Å². The molecule has 0 spiro atoms. The van der Waals surface area contributed by atoms with Crippen LogP contribution in [0.4, 0.5) is 0 Å². The van der Waals surface area contributed by atoms with Crippen molar-refractivity contribution in [2.45, 2.75) is 19.4 Å². The normalized spacial score (nSPS) is 14.2. The van der Waals surface area contributed by atoms with Gasteiger partial charge >= 0.3 is 0 Å². The molecule has 0 fully saturated rings. The second-order valence-electron chi connectivity index (χ2n) is 2.79. The minimum absolute atomic E-state index is 0.162. The van der Waals surface area contributed by atoms with E-state index in [0.717, 1.165) is 6.42 Å². The van der Waals surface area contributed by atoms with Gasteiger partial charge in [-0.3, -0.25) is 5.43 Å². The number of hydrogen-bond donors (Lipinski definition) is 3. The fraction of sp³-hybridized carbons (Fsp3) is 0.375. The number of nitrogens with two attached hydrogens (primary N) is 2. The SMILES string of the molecule is CC(Cc1cccs1)N=C(N)NN. The summed E-state index contributed by atoms with van der Waals surface area (Å²) >= 11 is 1.72. The Morgan fingerprint density at radius 3 is 3.08 bits per heavy atom. The zero-order valence-corrected chi connectivity index (χ0v) is 8.34. The lowest BCUT2D eigenvalue weighted by atomic mass is 10.2. The molecule has 1 atom stereocenters. The van der Waals surface area contributed by atoms with Crippen LogP contribution in [0.15, 0.2) is 22.5 Å². The second-order valence-corrected chi connectivity index (χ2v) is 3.82. The molecule has 0 aliphatic rings. The quantitative estimate of drug-likeness (QED) is 0.286. The van der Waals surface area contributed by atoms with E-state index in [1.54, 1.807) is 11.3 Å². The predicted octanol–water partition coefficient (Wildman–Crippen LogP) is 0.457. The molecule has 0 saturated carbocycles. The second kappa shape index (κ2) is 4.84. The van der Waals surface area contributed by atoms with Crippen LogP contribution in [0.3, 0.4) is 0 Å². The molecule has 0 bridgehead atoms. The molecule has 0 saturated heterocycles. The van der Waals surface area contributed by atoms with Crippen LogP contribution in [0.1, 0.15) is 11.8 Å². The van der Waals surface area contributed by atoms with Crippen molar-refractivity contribution in [3.05, 3.63) is 22.4 Å². The molecule has 5 N–H and O–H groups in total. The van der Waals surface area contributed by atoms with E-state index in [0.29, 0.717) is 0 Å². The maximum Gasteiger partial charge on any atom is 0.203 e. The van der Waals surface area contributed by atoms with E-state index < -0.39 is 0 Å². The molecular formula is C8H14N4S. The van der Waals surface area contributed by atoms with Gasteiger partial charge in [0.1, 0.15) is 0 Å². The highest BCUT2D eigenvalue weighted by Crippen LogP contribution is 2.12. The molecular weight excluding hydrogens is 184 g/mol.